The Labute approximate surface area is 143 Å². The van der Waals surface area contributed by atoms with Crippen molar-refractivity contribution in [3.8, 4) is 0 Å². The number of carbonyl (C=O) groups is 3. The van der Waals surface area contributed by atoms with Gasteiger partial charge >= 0.3 is 0 Å². The molecule has 1 saturated heterocycles. The van der Waals surface area contributed by atoms with Crippen molar-refractivity contribution in [1.82, 2.24) is 4.90 Å². The van der Waals surface area contributed by atoms with Crippen molar-refractivity contribution in [3.05, 3.63) is 29.3 Å². The second-order valence-corrected chi connectivity index (χ2v) is 6.86. The van der Waals surface area contributed by atoms with E-state index in [9.17, 15) is 14.4 Å². The van der Waals surface area contributed by atoms with E-state index < -0.39 is 0 Å². The molecule has 0 bridgehead atoms. The van der Waals surface area contributed by atoms with Crippen LogP contribution in [0.3, 0.4) is 0 Å². The van der Waals surface area contributed by atoms with Gasteiger partial charge in [-0.1, -0.05) is 45.9 Å². The minimum Gasteiger partial charge on any atom is -0.326 e. The van der Waals surface area contributed by atoms with E-state index in [0.29, 0.717) is 11.8 Å². The molecule has 0 saturated carbocycles. The van der Waals surface area contributed by atoms with Gasteiger partial charge in [-0.15, -0.1) is 0 Å². The van der Waals surface area contributed by atoms with Gasteiger partial charge in [0.25, 0.3) is 0 Å². The Bertz CT molecular complexity index is 608. The molecule has 1 heterocycles. The minimum atomic E-state index is -0.182. The molecule has 0 atom stereocenters. The van der Waals surface area contributed by atoms with E-state index in [0.717, 1.165) is 16.8 Å². The number of likely N-dealkylation sites (tertiary alicyclic amines) is 1. The smallest absolute Gasteiger partial charge is 0.229 e. The highest BCUT2D eigenvalue weighted by atomic mass is 16.2. The van der Waals surface area contributed by atoms with Crippen LogP contribution in [0.1, 0.15) is 69.9 Å². The van der Waals surface area contributed by atoms with Crippen molar-refractivity contribution in [3.63, 3.8) is 0 Å². The van der Waals surface area contributed by atoms with Gasteiger partial charge in [0.2, 0.25) is 17.7 Å². The lowest BCUT2D eigenvalue weighted by Gasteiger charge is -2.20. The second kappa shape index (κ2) is 7.60. The zero-order valence-electron chi connectivity index (χ0n) is 14.9. The molecule has 1 aromatic rings. The first kappa shape index (κ1) is 18.2. The molecule has 3 amide bonds. The van der Waals surface area contributed by atoms with Gasteiger partial charge in [-0.3, -0.25) is 19.3 Å². The average Bonchev–Trinajstić information content (AvgIpc) is 2.83. The Kier molecular flexibility index (Phi) is 5.75. The highest BCUT2D eigenvalue weighted by molar-refractivity contribution is 6.02. The summed E-state index contributed by atoms with van der Waals surface area (Å²) in [7, 11) is 0. The lowest BCUT2D eigenvalue weighted by atomic mass is 9.92. The maximum Gasteiger partial charge on any atom is 0.229 e. The molecule has 5 nitrogen and oxygen atoms in total. The summed E-state index contributed by atoms with van der Waals surface area (Å²) in [6, 6.07) is 6.07. The van der Waals surface area contributed by atoms with Gasteiger partial charge in [-0.25, -0.2) is 0 Å². The largest absolute Gasteiger partial charge is 0.326 e. The van der Waals surface area contributed by atoms with Crippen LogP contribution in [0.15, 0.2) is 18.2 Å². The standard InChI is InChI=1S/C19H26N2O3/c1-12(2)14-6-5-7-15(13(3)4)19(14)20-16(22)10-11-21-17(23)8-9-18(21)24/h5-7,12-13H,8-11H2,1-4H3,(H,20,22). The summed E-state index contributed by atoms with van der Waals surface area (Å²) in [6.07, 6.45) is 0.643. The first-order valence-corrected chi connectivity index (χ1v) is 8.57. The van der Waals surface area contributed by atoms with Gasteiger partial charge in [0.15, 0.2) is 0 Å². The Balaban J connectivity index is 2.10. The Morgan fingerprint density at radius 3 is 2.00 bits per heavy atom. The monoisotopic (exact) mass is 330 g/mol. The lowest BCUT2D eigenvalue weighted by molar-refractivity contribution is -0.138. The highest BCUT2D eigenvalue weighted by Gasteiger charge is 2.29. The van der Waals surface area contributed by atoms with Crippen LogP contribution in [0.5, 0.6) is 0 Å². The van der Waals surface area contributed by atoms with Gasteiger partial charge in [-0.05, 0) is 23.0 Å². The maximum atomic E-state index is 12.4. The first-order chi connectivity index (χ1) is 11.3. The summed E-state index contributed by atoms with van der Waals surface area (Å²) >= 11 is 0. The van der Waals surface area contributed by atoms with Gasteiger partial charge in [0, 0.05) is 31.5 Å². The SMILES string of the molecule is CC(C)c1cccc(C(C)C)c1NC(=O)CCN1C(=O)CCC1=O. The van der Waals surface area contributed by atoms with Crippen LogP contribution in [0, 0.1) is 0 Å². The number of carbonyl (C=O) groups excluding carboxylic acids is 3. The minimum absolute atomic E-state index is 0.126. The molecule has 1 N–H and O–H groups in total. The Morgan fingerprint density at radius 1 is 1.04 bits per heavy atom. The molecular weight excluding hydrogens is 304 g/mol. The third kappa shape index (κ3) is 4.02. The van der Waals surface area contributed by atoms with Crippen LogP contribution in [-0.2, 0) is 14.4 Å². The topological polar surface area (TPSA) is 66.5 Å². The molecule has 0 aliphatic carbocycles. The van der Waals surface area contributed by atoms with Gasteiger partial charge in [-0.2, -0.15) is 0 Å². The maximum absolute atomic E-state index is 12.4. The molecule has 130 valence electrons. The normalized spacial score (nSPS) is 14.8. The number of para-hydroxylation sites is 1. The van der Waals surface area contributed by atoms with Crippen LogP contribution in [0.4, 0.5) is 5.69 Å². The van der Waals surface area contributed by atoms with Crippen molar-refractivity contribution in [2.75, 3.05) is 11.9 Å². The van der Waals surface area contributed by atoms with Crippen LogP contribution in [-0.4, -0.2) is 29.2 Å². The molecule has 2 rings (SSSR count). The summed E-state index contributed by atoms with van der Waals surface area (Å²) in [5, 5.41) is 3.01. The number of hydrogen-bond donors (Lipinski definition) is 1. The number of anilines is 1. The summed E-state index contributed by atoms with van der Waals surface area (Å²) in [6.45, 7) is 8.53. The molecule has 5 heteroatoms. The molecule has 0 unspecified atom stereocenters. The number of amides is 3. The van der Waals surface area contributed by atoms with Crippen molar-refractivity contribution in [2.24, 2.45) is 0 Å². The molecular formula is C19H26N2O3. The molecule has 0 radical (unpaired) electrons. The van der Waals surface area contributed by atoms with Gasteiger partial charge in [0.1, 0.15) is 0 Å². The molecule has 1 aliphatic heterocycles. The molecule has 0 spiro atoms. The Hall–Kier alpha value is -2.17. The van der Waals surface area contributed by atoms with E-state index in [-0.39, 0.29) is 43.5 Å². The predicted molar refractivity (Wildman–Crippen MR) is 93.8 cm³/mol. The summed E-state index contributed by atoms with van der Waals surface area (Å²) in [5.41, 5.74) is 3.07. The quantitative estimate of drug-likeness (QED) is 0.813. The number of imide groups is 1. The van der Waals surface area contributed by atoms with Crippen molar-refractivity contribution in [2.45, 2.75) is 58.8 Å². The molecule has 24 heavy (non-hydrogen) atoms. The van der Waals surface area contributed by atoms with Gasteiger partial charge in [0.05, 0.1) is 0 Å². The predicted octanol–water partition coefficient (Wildman–Crippen LogP) is 3.41. The number of nitrogens with one attached hydrogen (secondary N) is 1. The third-order valence-electron chi connectivity index (χ3n) is 4.35. The molecule has 0 aromatic heterocycles. The van der Waals surface area contributed by atoms with Crippen LogP contribution < -0.4 is 5.32 Å². The zero-order valence-corrected chi connectivity index (χ0v) is 14.9. The van der Waals surface area contributed by atoms with Crippen LogP contribution in [0.25, 0.3) is 0 Å². The van der Waals surface area contributed by atoms with E-state index in [4.69, 9.17) is 0 Å². The van der Waals surface area contributed by atoms with Gasteiger partial charge < -0.3 is 5.32 Å². The number of nitrogens with zero attached hydrogens (tertiary/aromatic N) is 1. The van der Waals surface area contributed by atoms with E-state index in [1.165, 1.54) is 4.90 Å². The fourth-order valence-corrected chi connectivity index (χ4v) is 2.98. The van der Waals surface area contributed by atoms with E-state index in [2.05, 4.69) is 33.0 Å². The van der Waals surface area contributed by atoms with Crippen molar-refractivity contribution in [1.29, 1.82) is 0 Å². The summed E-state index contributed by atoms with van der Waals surface area (Å²) in [4.78, 5) is 36.8. The number of benzene rings is 1. The first-order valence-electron chi connectivity index (χ1n) is 8.57. The second-order valence-electron chi connectivity index (χ2n) is 6.86. The van der Waals surface area contributed by atoms with Crippen LogP contribution >= 0.6 is 0 Å². The number of rotatable bonds is 6. The summed E-state index contributed by atoms with van der Waals surface area (Å²) < 4.78 is 0. The number of hydrogen-bond acceptors (Lipinski definition) is 3. The van der Waals surface area contributed by atoms with Crippen molar-refractivity contribution >= 4 is 23.4 Å². The molecule has 1 fully saturated rings. The highest BCUT2D eigenvalue weighted by Crippen LogP contribution is 2.32. The Morgan fingerprint density at radius 2 is 1.54 bits per heavy atom. The summed E-state index contributed by atoms with van der Waals surface area (Å²) in [5.74, 6) is 0.0514. The van der Waals surface area contributed by atoms with E-state index >= 15 is 0 Å². The lowest BCUT2D eigenvalue weighted by Crippen LogP contribution is -2.32. The fraction of sp³-hybridized carbons (Fsp3) is 0.526. The van der Waals surface area contributed by atoms with E-state index in [1.54, 1.807) is 0 Å². The third-order valence-corrected chi connectivity index (χ3v) is 4.35. The van der Waals surface area contributed by atoms with Crippen LogP contribution in [0.2, 0.25) is 0 Å². The fourth-order valence-electron chi connectivity index (χ4n) is 2.98. The zero-order chi connectivity index (χ0) is 17.9. The molecule has 1 aromatic carbocycles. The average molecular weight is 330 g/mol. The van der Waals surface area contributed by atoms with E-state index in [1.807, 2.05) is 18.2 Å². The molecule has 1 aliphatic rings. The van der Waals surface area contributed by atoms with Crippen molar-refractivity contribution < 1.29 is 14.4 Å².